The van der Waals surface area contributed by atoms with Crippen LogP contribution in [-0.2, 0) is 13.1 Å². The van der Waals surface area contributed by atoms with E-state index in [1.807, 2.05) is 21.3 Å². The minimum Gasteiger partial charge on any atom is -0.369 e. The Morgan fingerprint density at radius 3 is 2.13 bits per heavy atom. The molecule has 2 amide bonds. The highest BCUT2D eigenvalue weighted by Crippen LogP contribution is 2.28. The third kappa shape index (κ3) is 3.70. The topological polar surface area (TPSA) is 174 Å². The maximum atomic E-state index is 11.5. The molecule has 0 saturated heterocycles. The SMILES string of the molecule is NC(=O)c1ccc2c(c1)nc(N)n2C/C=C/Cn1c(N)nc2cc(C(N)=O)cc(Br)c21. The van der Waals surface area contributed by atoms with Crippen molar-refractivity contribution in [3.63, 3.8) is 0 Å². The lowest BCUT2D eigenvalue weighted by Crippen LogP contribution is -2.10. The number of nitrogens with two attached hydrogens (primary N) is 4. The van der Waals surface area contributed by atoms with Gasteiger partial charge < -0.3 is 32.1 Å². The van der Waals surface area contributed by atoms with E-state index in [0.29, 0.717) is 51.6 Å². The average molecular weight is 483 g/mol. The summed E-state index contributed by atoms with van der Waals surface area (Å²) in [5, 5.41) is 0. The molecule has 158 valence electrons. The molecule has 8 N–H and O–H groups in total. The normalized spacial score (nSPS) is 11.6. The lowest BCUT2D eigenvalue weighted by Gasteiger charge is -2.06. The van der Waals surface area contributed by atoms with Crippen molar-refractivity contribution in [3.8, 4) is 0 Å². The lowest BCUT2D eigenvalue weighted by molar-refractivity contribution is 0.0992. The predicted molar refractivity (Wildman–Crippen MR) is 122 cm³/mol. The van der Waals surface area contributed by atoms with Crippen LogP contribution in [0, 0.1) is 0 Å². The molecule has 0 aliphatic carbocycles. The molecule has 0 aliphatic heterocycles. The molecular formula is C20H19BrN8O2. The van der Waals surface area contributed by atoms with E-state index in [9.17, 15) is 9.59 Å². The number of halogens is 1. The van der Waals surface area contributed by atoms with Crippen molar-refractivity contribution < 1.29 is 9.59 Å². The zero-order valence-corrected chi connectivity index (χ0v) is 17.8. The van der Waals surface area contributed by atoms with Crippen molar-refractivity contribution in [1.82, 2.24) is 19.1 Å². The van der Waals surface area contributed by atoms with Crippen molar-refractivity contribution in [2.45, 2.75) is 13.1 Å². The summed E-state index contributed by atoms with van der Waals surface area (Å²) in [5.41, 5.74) is 26.2. The quantitative estimate of drug-likeness (QED) is 0.304. The van der Waals surface area contributed by atoms with Crippen molar-refractivity contribution in [2.24, 2.45) is 11.5 Å². The monoisotopic (exact) mass is 482 g/mol. The molecule has 0 aliphatic rings. The number of allylic oxidation sites excluding steroid dienone is 2. The zero-order chi connectivity index (χ0) is 22.3. The van der Waals surface area contributed by atoms with Gasteiger partial charge in [-0.25, -0.2) is 9.97 Å². The standard InChI is InChI=1S/C20H19BrN8O2/c21-12-7-11(18(23)31)9-14-16(12)29(20(25)27-14)6-2-1-5-28-15-4-3-10(17(22)30)8-13(15)26-19(28)24/h1-4,7-9H,5-6H2,(H2,22,30)(H2,23,31)(H2,24,26)(H2,25,27)/b2-1+. The van der Waals surface area contributed by atoms with E-state index >= 15 is 0 Å². The number of imidazole rings is 2. The smallest absolute Gasteiger partial charge is 0.248 e. The number of hydrogen-bond acceptors (Lipinski definition) is 6. The van der Waals surface area contributed by atoms with Gasteiger partial charge in [0.05, 0.1) is 22.1 Å². The van der Waals surface area contributed by atoms with Crippen molar-refractivity contribution in [2.75, 3.05) is 11.5 Å². The van der Waals surface area contributed by atoms with E-state index in [2.05, 4.69) is 25.9 Å². The summed E-state index contributed by atoms with van der Waals surface area (Å²) in [5.74, 6) is -0.415. The fraction of sp³-hybridized carbons (Fsp3) is 0.100. The molecule has 0 radical (unpaired) electrons. The Hall–Kier alpha value is -3.86. The van der Waals surface area contributed by atoms with Crippen molar-refractivity contribution in [3.05, 3.63) is 58.1 Å². The first-order valence-electron chi connectivity index (χ1n) is 9.22. The number of nitrogen functional groups attached to an aromatic ring is 2. The fourth-order valence-electron chi connectivity index (χ4n) is 3.42. The fourth-order valence-corrected chi connectivity index (χ4v) is 4.08. The van der Waals surface area contributed by atoms with Gasteiger partial charge >= 0.3 is 0 Å². The Labute approximate surface area is 184 Å². The molecule has 4 aromatic rings. The summed E-state index contributed by atoms with van der Waals surface area (Å²) in [6.45, 7) is 0.924. The first-order chi connectivity index (χ1) is 14.8. The second-order valence-electron chi connectivity index (χ2n) is 6.89. The number of rotatable bonds is 6. The lowest BCUT2D eigenvalue weighted by atomic mass is 10.2. The highest BCUT2D eigenvalue weighted by Gasteiger charge is 2.14. The average Bonchev–Trinajstić information content (AvgIpc) is 3.20. The van der Waals surface area contributed by atoms with Crippen LogP contribution in [-0.4, -0.2) is 30.9 Å². The van der Waals surface area contributed by atoms with Crippen LogP contribution < -0.4 is 22.9 Å². The summed E-state index contributed by atoms with van der Waals surface area (Å²) in [4.78, 5) is 31.4. The molecule has 0 atom stereocenters. The largest absolute Gasteiger partial charge is 0.369 e. The molecule has 0 unspecified atom stereocenters. The summed E-state index contributed by atoms with van der Waals surface area (Å²) in [7, 11) is 0. The Bertz CT molecular complexity index is 1390. The van der Waals surface area contributed by atoms with Gasteiger partial charge in [0.15, 0.2) is 0 Å². The number of primary amides is 2. The van der Waals surface area contributed by atoms with Crippen LogP contribution in [0.2, 0.25) is 0 Å². The zero-order valence-electron chi connectivity index (χ0n) is 16.2. The van der Waals surface area contributed by atoms with Gasteiger partial charge in [-0.05, 0) is 46.3 Å². The Morgan fingerprint density at radius 2 is 1.45 bits per heavy atom. The predicted octanol–water partition coefficient (Wildman–Crippen LogP) is 1.77. The first kappa shape index (κ1) is 20.4. The highest BCUT2D eigenvalue weighted by atomic mass is 79.9. The molecule has 31 heavy (non-hydrogen) atoms. The van der Waals surface area contributed by atoms with E-state index in [-0.39, 0.29) is 0 Å². The number of fused-ring (bicyclic) bond motifs is 2. The van der Waals surface area contributed by atoms with Crippen molar-refractivity contribution >= 4 is 61.7 Å². The maximum absolute atomic E-state index is 11.5. The molecule has 11 heteroatoms. The molecule has 0 bridgehead atoms. The molecule has 0 fully saturated rings. The maximum Gasteiger partial charge on any atom is 0.248 e. The molecular weight excluding hydrogens is 464 g/mol. The first-order valence-corrected chi connectivity index (χ1v) is 10.0. The third-order valence-corrected chi connectivity index (χ3v) is 5.52. The molecule has 0 spiro atoms. The Kier molecular flexibility index (Phi) is 5.11. The van der Waals surface area contributed by atoms with Gasteiger partial charge in [-0.15, -0.1) is 0 Å². The van der Waals surface area contributed by atoms with Gasteiger partial charge in [-0.3, -0.25) is 9.59 Å². The second-order valence-corrected chi connectivity index (χ2v) is 7.74. The minimum atomic E-state index is -0.538. The van der Waals surface area contributed by atoms with Gasteiger partial charge in [0.1, 0.15) is 0 Å². The molecule has 4 rings (SSSR count). The third-order valence-electron chi connectivity index (χ3n) is 4.91. The number of hydrogen-bond donors (Lipinski definition) is 4. The molecule has 2 heterocycles. The van der Waals surface area contributed by atoms with Gasteiger partial charge in [-0.2, -0.15) is 0 Å². The van der Waals surface area contributed by atoms with E-state index in [1.165, 1.54) is 0 Å². The second kappa shape index (κ2) is 7.76. The molecule has 2 aromatic heterocycles. The number of aromatic nitrogens is 4. The number of anilines is 2. The van der Waals surface area contributed by atoms with E-state index in [1.54, 1.807) is 30.3 Å². The van der Waals surface area contributed by atoms with Crippen molar-refractivity contribution in [1.29, 1.82) is 0 Å². The van der Waals surface area contributed by atoms with Crippen LogP contribution in [0.5, 0.6) is 0 Å². The summed E-state index contributed by atoms with van der Waals surface area (Å²) < 4.78 is 4.31. The van der Waals surface area contributed by atoms with E-state index in [0.717, 1.165) is 11.0 Å². The Balaban J connectivity index is 1.58. The van der Waals surface area contributed by atoms with E-state index < -0.39 is 11.8 Å². The van der Waals surface area contributed by atoms with Gasteiger partial charge in [0.25, 0.3) is 0 Å². The van der Waals surface area contributed by atoms with Crippen LogP contribution in [0.1, 0.15) is 20.7 Å². The number of carbonyl (C=O) groups is 2. The summed E-state index contributed by atoms with van der Waals surface area (Å²) in [6.07, 6.45) is 3.85. The highest BCUT2D eigenvalue weighted by molar-refractivity contribution is 9.10. The molecule has 10 nitrogen and oxygen atoms in total. The van der Waals surface area contributed by atoms with Crippen LogP contribution in [0.3, 0.4) is 0 Å². The number of benzene rings is 2. The van der Waals surface area contributed by atoms with Crippen LogP contribution >= 0.6 is 15.9 Å². The van der Waals surface area contributed by atoms with E-state index in [4.69, 9.17) is 22.9 Å². The Morgan fingerprint density at radius 1 is 0.871 bits per heavy atom. The van der Waals surface area contributed by atoms with Crippen LogP contribution in [0.15, 0.2) is 47.0 Å². The number of amides is 2. The van der Waals surface area contributed by atoms with Gasteiger partial charge in [-0.1, -0.05) is 12.2 Å². The van der Waals surface area contributed by atoms with Gasteiger partial charge in [0, 0.05) is 28.7 Å². The summed E-state index contributed by atoms with van der Waals surface area (Å²) in [6, 6.07) is 8.27. The minimum absolute atomic E-state index is 0.313. The molecule has 2 aromatic carbocycles. The number of carbonyl (C=O) groups excluding carboxylic acids is 2. The van der Waals surface area contributed by atoms with Crippen LogP contribution in [0.25, 0.3) is 22.1 Å². The number of nitrogens with zero attached hydrogens (tertiary/aromatic N) is 4. The van der Waals surface area contributed by atoms with Crippen LogP contribution in [0.4, 0.5) is 11.9 Å². The van der Waals surface area contributed by atoms with Gasteiger partial charge in [0.2, 0.25) is 23.7 Å². The summed E-state index contributed by atoms with van der Waals surface area (Å²) >= 11 is 3.46. The molecule has 0 saturated carbocycles.